The molecule has 2 rings (SSSR count). The van der Waals surface area contributed by atoms with Crippen LogP contribution in [0.1, 0.15) is 24.4 Å². The molecule has 2 heterocycles. The first-order chi connectivity index (χ1) is 9.08. The number of carbonyl (C=O) groups is 1. The zero-order chi connectivity index (χ0) is 15.3. The Labute approximate surface area is 124 Å². The van der Waals surface area contributed by atoms with Crippen molar-refractivity contribution in [3.8, 4) is 0 Å². The molecule has 1 aliphatic heterocycles. The minimum absolute atomic E-state index is 0.0208. The van der Waals surface area contributed by atoms with Gasteiger partial charge in [-0.15, -0.1) is 0 Å². The number of nitrogens with zero attached hydrogens (tertiary/aromatic N) is 1. The van der Waals surface area contributed by atoms with Crippen molar-refractivity contribution in [2.45, 2.75) is 24.3 Å². The van der Waals surface area contributed by atoms with E-state index in [2.05, 4.69) is 15.9 Å². The topological polar surface area (TPSA) is 108 Å². The van der Waals surface area contributed by atoms with Gasteiger partial charge in [-0.25, -0.2) is 13.2 Å². The van der Waals surface area contributed by atoms with Crippen molar-refractivity contribution in [3.05, 3.63) is 16.5 Å². The molecule has 1 fully saturated rings. The van der Waals surface area contributed by atoms with E-state index in [0.29, 0.717) is 0 Å². The third-order valence-electron chi connectivity index (χ3n) is 3.46. The van der Waals surface area contributed by atoms with Gasteiger partial charge in [0.05, 0.1) is 5.60 Å². The molecule has 9 heteroatoms. The normalized spacial score (nSPS) is 19.1. The molecule has 7 nitrogen and oxygen atoms in total. The van der Waals surface area contributed by atoms with Crippen LogP contribution in [0.2, 0.25) is 0 Å². The number of rotatable bonds is 4. The minimum atomic E-state index is -3.88. The number of sulfonamides is 1. The number of hydrogen-bond donors (Lipinski definition) is 2. The largest absolute Gasteiger partial charge is 0.475 e. The summed E-state index contributed by atoms with van der Waals surface area (Å²) in [6.07, 6.45) is 0. The maximum Gasteiger partial charge on any atom is 0.371 e. The first-order valence-electron chi connectivity index (χ1n) is 5.83. The van der Waals surface area contributed by atoms with E-state index in [-0.39, 0.29) is 28.6 Å². The van der Waals surface area contributed by atoms with Gasteiger partial charge in [0.1, 0.15) is 4.90 Å². The Bertz CT molecular complexity index is 644. The maximum absolute atomic E-state index is 12.3. The molecule has 0 radical (unpaired) electrons. The van der Waals surface area contributed by atoms with E-state index in [9.17, 15) is 18.3 Å². The minimum Gasteiger partial charge on any atom is -0.475 e. The highest BCUT2D eigenvalue weighted by atomic mass is 79.9. The lowest BCUT2D eigenvalue weighted by Gasteiger charge is -2.47. The molecule has 1 saturated heterocycles. The summed E-state index contributed by atoms with van der Waals surface area (Å²) in [7, 11) is -3.88. The summed E-state index contributed by atoms with van der Waals surface area (Å²) in [5.41, 5.74) is -1.04. The molecule has 0 aromatic carbocycles. The highest BCUT2D eigenvalue weighted by Crippen LogP contribution is 2.36. The van der Waals surface area contributed by atoms with E-state index >= 15 is 0 Å². The molecule has 1 aromatic rings. The fourth-order valence-electron chi connectivity index (χ4n) is 1.87. The van der Waals surface area contributed by atoms with Gasteiger partial charge in [-0.2, -0.15) is 4.31 Å². The van der Waals surface area contributed by atoms with E-state index in [0.717, 1.165) is 10.4 Å². The van der Waals surface area contributed by atoms with E-state index in [1.165, 1.54) is 0 Å². The maximum atomic E-state index is 12.3. The first kappa shape index (κ1) is 15.5. The van der Waals surface area contributed by atoms with E-state index in [1.54, 1.807) is 13.8 Å². The Hall–Kier alpha value is -0.900. The Kier molecular flexibility index (Phi) is 3.74. The van der Waals surface area contributed by atoms with Crippen molar-refractivity contribution in [2.75, 3.05) is 13.1 Å². The monoisotopic (exact) mass is 367 g/mol. The number of hydrogen-bond acceptors (Lipinski definition) is 5. The molecule has 112 valence electrons. The zero-order valence-corrected chi connectivity index (χ0v) is 13.2. The summed E-state index contributed by atoms with van der Waals surface area (Å²) in [5, 5.41) is 18.9. The quantitative estimate of drug-likeness (QED) is 0.825. The van der Waals surface area contributed by atoms with Gasteiger partial charge in [-0.1, -0.05) is 13.8 Å². The predicted octanol–water partition coefficient (Wildman–Crippen LogP) is 1.13. The summed E-state index contributed by atoms with van der Waals surface area (Å²) in [4.78, 5) is 10.5. The number of β-amino-alcohol motifs (C(OH)–C–C–N with tert-alkyl or cyclic N) is 1. The van der Waals surface area contributed by atoms with Crippen LogP contribution >= 0.6 is 15.9 Å². The number of furan rings is 1. The van der Waals surface area contributed by atoms with Gasteiger partial charge in [-0.3, -0.25) is 0 Å². The van der Waals surface area contributed by atoms with Gasteiger partial charge in [0.25, 0.3) is 0 Å². The molecule has 0 unspecified atom stereocenters. The van der Waals surface area contributed by atoms with Crippen LogP contribution in [0.15, 0.2) is 20.0 Å². The van der Waals surface area contributed by atoms with Gasteiger partial charge in [0, 0.05) is 19.2 Å². The second-order valence-corrected chi connectivity index (χ2v) is 7.71. The van der Waals surface area contributed by atoms with Crippen LogP contribution in [0.5, 0.6) is 0 Å². The first-order valence-corrected chi connectivity index (χ1v) is 8.06. The Morgan fingerprint density at radius 2 is 2.05 bits per heavy atom. The highest BCUT2D eigenvalue weighted by molar-refractivity contribution is 9.10. The van der Waals surface area contributed by atoms with Crippen molar-refractivity contribution in [3.63, 3.8) is 0 Å². The van der Waals surface area contributed by atoms with Crippen LogP contribution in [-0.4, -0.2) is 47.6 Å². The van der Waals surface area contributed by atoms with Gasteiger partial charge in [0.15, 0.2) is 4.67 Å². The zero-order valence-electron chi connectivity index (χ0n) is 10.8. The fraction of sp³-hybridized carbons (Fsp3) is 0.545. The molecule has 20 heavy (non-hydrogen) atoms. The van der Waals surface area contributed by atoms with Crippen LogP contribution in [0.3, 0.4) is 0 Å². The lowest BCUT2D eigenvalue weighted by Crippen LogP contribution is -2.65. The van der Waals surface area contributed by atoms with E-state index < -0.39 is 27.4 Å². The second kappa shape index (κ2) is 4.83. The summed E-state index contributed by atoms with van der Waals surface area (Å²) >= 11 is 2.90. The summed E-state index contributed by atoms with van der Waals surface area (Å²) in [5.74, 6) is -1.89. The molecule has 0 atom stereocenters. The number of aromatic carboxylic acids is 1. The lowest BCUT2D eigenvalue weighted by atomic mass is 9.85. The summed E-state index contributed by atoms with van der Waals surface area (Å²) < 4.78 is 30.4. The average Bonchev–Trinajstić information content (AvgIpc) is 2.67. The molecule has 0 aliphatic carbocycles. The fourth-order valence-corrected chi connectivity index (χ4v) is 4.34. The molecule has 1 aliphatic rings. The van der Waals surface area contributed by atoms with Crippen LogP contribution < -0.4 is 0 Å². The van der Waals surface area contributed by atoms with Crippen molar-refractivity contribution in [1.29, 1.82) is 0 Å². The highest BCUT2D eigenvalue weighted by Gasteiger charge is 2.50. The lowest BCUT2D eigenvalue weighted by molar-refractivity contribution is -0.0932. The van der Waals surface area contributed by atoms with Crippen molar-refractivity contribution >= 4 is 31.9 Å². The van der Waals surface area contributed by atoms with Crippen LogP contribution in [-0.2, 0) is 10.0 Å². The summed E-state index contributed by atoms with van der Waals surface area (Å²) in [6.45, 7) is 3.57. The smallest absolute Gasteiger partial charge is 0.371 e. The summed E-state index contributed by atoms with van der Waals surface area (Å²) in [6, 6.07) is 0.953. The van der Waals surface area contributed by atoms with Crippen LogP contribution in [0, 0.1) is 5.92 Å². The second-order valence-electron chi connectivity index (χ2n) is 5.09. The number of halogens is 1. The van der Waals surface area contributed by atoms with Gasteiger partial charge in [0.2, 0.25) is 15.8 Å². The molecule has 0 amide bonds. The third-order valence-corrected chi connectivity index (χ3v) is 6.11. The van der Waals surface area contributed by atoms with Gasteiger partial charge < -0.3 is 14.6 Å². The molecular weight excluding hydrogens is 354 g/mol. The van der Waals surface area contributed by atoms with Gasteiger partial charge >= 0.3 is 5.97 Å². The molecule has 0 bridgehead atoms. The number of carboxylic acids is 1. The Balaban J connectivity index is 2.27. The molecular formula is C11H14BrNO6S. The SMILES string of the molecule is CC(C)C1(O)CN(S(=O)(=O)c2cc(C(=O)O)oc2Br)C1. The Morgan fingerprint density at radius 3 is 2.45 bits per heavy atom. The van der Waals surface area contributed by atoms with E-state index in [4.69, 9.17) is 9.52 Å². The predicted molar refractivity (Wildman–Crippen MR) is 71.9 cm³/mol. The third kappa shape index (κ3) is 2.39. The average molecular weight is 368 g/mol. The van der Waals surface area contributed by atoms with Crippen molar-refractivity contribution < 1.29 is 27.8 Å². The van der Waals surface area contributed by atoms with Crippen LogP contribution in [0.4, 0.5) is 0 Å². The Morgan fingerprint density at radius 1 is 1.50 bits per heavy atom. The number of carboxylic acid groups (broad SMARTS) is 1. The van der Waals surface area contributed by atoms with Crippen molar-refractivity contribution in [2.24, 2.45) is 5.92 Å². The van der Waals surface area contributed by atoms with Crippen LogP contribution in [0.25, 0.3) is 0 Å². The van der Waals surface area contributed by atoms with E-state index in [1.807, 2.05) is 0 Å². The number of aliphatic hydroxyl groups is 1. The molecule has 2 N–H and O–H groups in total. The molecule has 0 spiro atoms. The standard InChI is InChI=1S/C11H14BrNO6S/c1-6(2)11(16)4-13(5-11)20(17,18)8-3-7(10(14)15)19-9(8)12/h3,6,16H,4-5H2,1-2H3,(H,14,15). The van der Waals surface area contributed by atoms with Crippen molar-refractivity contribution in [1.82, 2.24) is 4.31 Å². The molecule has 1 aromatic heterocycles. The van der Waals surface area contributed by atoms with Gasteiger partial charge in [-0.05, 0) is 21.8 Å². The molecule has 0 saturated carbocycles.